The van der Waals surface area contributed by atoms with Crippen LogP contribution >= 0.6 is 0 Å². The van der Waals surface area contributed by atoms with Crippen molar-refractivity contribution in [3.63, 3.8) is 0 Å². The molecule has 2 aromatic heterocycles. The highest BCUT2D eigenvalue weighted by Gasteiger charge is 2.25. The van der Waals surface area contributed by atoms with Gasteiger partial charge < -0.3 is 10.1 Å². The molecule has 0 atom stereocenters. The molecule has 0 radical (unpaired) electrons. The zero-order chi connectivity index (χ0) is 23.8. The molecule has 0 saturated heterocycles. The van der Waals surface area contributed by atoms with E-state index in [1.807, 2.05) is 54.6 Å². The van der Waals surface area contributed by atoms with E-state index in [0.717, 1.165) is 41.4 Å². The summed E-state index contributed by atoms with van der Waals surface area (Å²) in [4.78, 5) is 43.4. The number of fused-ring (bicyclic) bond motifs is 2. The molecule has 8 nitrogen and oxygen atoms in total. The number of aromatic nitrogens is 3. The summed E-state index contributed by atoms with van der Waals surface area (Å²) in [6, 6.07) is 16.6. The predicted octanol–water partition coefficient (Wildman–Crippen LogP) is 3.32. The van der Waals surface area contributed by atoms with Gasteiger partial charge in [-0.05, 0) is 49.9 Å². The number of carbonyl (C=O) groups excluding carboxylic acids is 2. The Morgan fingerprint density at radius 2 is 1.79 bits per heavy atom. The molecule has 0 unspecified atom stereocenters. The van der Waals surface area contributed by atoms with Crippen LogP contribution in [0.3, 0.4) is 0 Å². The number of ether oxygens (including phenoxy) is 1. The molecule has 0 saturated carbocycles. The summed E-state index contributed by atoms with van der Waals surface area (Å²) in [6.45, 7) is 1.25. The molecule has 1 aliphatic carbocycles. The molecule has 34 heavy (non-hydrogen) atoms. The topological polar surface area (TPSA) is 95.2 Å². The van der Waals surface area contributed by atoms with Crippen LogP contribution in [0.25, 0.3) is 16.6 Å². The number of rotatable bonds is 5. The molecule has 0 fully saturated rings. The normalized spacial score (nSPS) is 12.5. The molecule has 172 valence electrons. The Morgan fingerprint density at radius 1 is 1.06 bits per heavy atom. The molecular formula is C26H24N4O4. The first-order valence-electron chi connectivity index (χ1n) is 11.2. The van der Waals surface area contributed by atoms with Crippen LogP contribution in [0, 0.1) is 6.92 Å². The molecule has 0 bridgehead atoms. The second-order valence-corrected chi connectivity index (χ2v) is 8.34. The average Bonchev–Trinajstić information content (AvgIpc) is 3.39. The van der Waals surface area contributed by atoms with Gasteiger partial charge in [0.25, 0.3) is 11.5 Å². The Labute approximate surface area is 195 Å². The van der Waals surface area contributed by atoms with E-state index in [1.165, 1.54) is 4.68 Å². The summed E-state index contributed by atoms with van der Waals surface area (Å²) in [5.41, 5.74) is 4.10. The zero-order valence-electron chi connectivity index (χ0n) is 19.0. The number of hydrogen-bond acceptors (Lipinski definition) is 5. The van der Waals surface area contributed by atoms with Crippen molar-refractivity contribution in [1.29, 1.82) is 0 Å². The lowest BCUT2D eigenvalue weighted by molar-refractivity contribution is -0.119. The SMILES string of the molecule is Cc1c(NC(=O)COC(=O)c2c3c(nc4ccccc24)CCC3)c(=O)n(-c2ccccc2)n1C. The lowest BCUT2D eigenvalue weighted by Crippen LogP contribution is -2.26. The van der Waals surface area contributed by atoms with Crippen molar-refractivity contribution in [1.82, 2.24) is 14.3 Å². The quantitative estimate of drug-likeness (QED) is 0.465. The minimum atomic E-state index is -0.575. The van der Waals surface area contributed by atoms with E-state index in [1.54, 1.807) is 18.7 Å². The molecule has 2 aromatic carbocycles. The molecule has 5 rings (SSSR count). The number of carbonyl (C=O) groups is 2. The highest BCUT2D eigenvalue weighted by molar-refractivity contribution is 6.06. The lowest BCUT2D eigenvalue weighted by Gasteiger charge is -2.12. The highest BCUT2D eigenvalue weighted by Crippen LogP contribution is 2.30. The molecule has 0 aliphatic heterocycles. The average molecular weight is 457 g/mol. The number of anilines is 1. The fourth-order valence-electron chi connectivity index (χ4n) is 4.54. The van der Waals surface area contributed by atoms with E-state index in [2.05, 4.69) is 10.3 Å². The van der Waals surface area contributed by atoms with Gasteiger partial charge in [-0.2, -0.15) is 0 Å². The highest BCUT2D eigenvalue weighted by atomic mass is 16.5. The second-order valence-electron chi connectivity index (χ2n) is 8.34. The van der Waals surface area contributed by atoms with Crippen LogP contribution in [0.15, 0.2) is 59.4 Å². The minimum Gasteiger partial charge on any atom is -0.452 e. The van der Waals surface area contributed by atoms with Crippen molar-refractivity contribution in [2.45, 2.75) is 26.2 Å². The van der Waals surface area contributed by atoms with E-state index in [0.29, 0.717) is 16.9 Å². The van der Waals surface area contributed by atoms with Gasteiger partial charge in [-0.15, -0.1) is 0 Å². The Hall–Kier alpha value is -4.20. The third kappa shape index (κ3) is 3.67. The van der Waals surface area contributed by atoms with E-state index in [9.17, 15) is 14.4 Å². The van der Waals surface area contributed by atoms with Crippen LogP contribution in [0.5, 0.6) is 0 Å². The number of pyridine rings is 1. The summed E-state index contributed by atoms with van der Waals surface area (Å²) in [5.74, 6) is -1.13. The first kappa shape index (κ1) is 21.6. The van der Waals surface area contributed by atoms with Crippen LogP contribution in [0.2, 0.25) is 0 Å². The fraction of sp³-hybridized carbons (Fsp3) is 0.231. The Balaban J connectivity index is 1.36. The molecular weight excluding hydrogens is 432 g/mol. The first-order chi connectivity index (χ1) is 16.5. The summed E-state index contributed by atoms with van der Waals surface area (Å²) in [5, 5.41) is 3.34. The molecule has 1 amide bonds. The predicted molar refractivity (Wildman–Crippen MR) is 128 cm³/mol. The van der Waals surface area contributed by atoms with Crippen molar-refractivity contribution in [2.75, 3.05) is 11.9 Å². The van der Waals surface area contributed by atoms with E-state index >= 15 is 0 Å². The van der Waals surface area contributed by atoms with Gasteiger partial charge in [-0.1, -0.05) is 36.4 Å². The van der Waals surface area contributed by atoms with Gasteiger partial charge in [0.1, 0.15) is 5.69 Å². The number of hydrogen-bond donors (Lipinski definition) is 1. The van der Waals surface area contributed by atoms with Crippen LogP contribution in [0.4, 0.5) is 5.69 Å². The number of esters is 1. The number of para-hydroxylation sites is 2. The third-order valence-electron chi connectivity index (χ3n) is 6.28. The van der Waals surface area contributed by atoms with Crippen LogP contribution in [0.1, 0.15) is 33.7 Å². The maximum Gasteiger partial charge on any atom is 0.339 e. The molecule has 0 spiro atoms. The van der Waals surface area contributed by atoms with Crippen LogP contribution < -0.4 is 10.9 Å². The maximum absolute atomic E-state index is 13.1. The summed E-state index contributed by atoms with van der Waals surface area (Å²) in [6.07, 6.45) is 2.51. The minimum absolute atomic E-state index is 0.155. The van der Waals surface area contributed by atoms with E-state index < -0.39 is 18.5 Å². The molecule has 1 N–H and O–H groups in total. The zero-order valence-corrected chi connectivity index (χ0v) is 19.0. The van der Waals surface area contributed by atoms with E-state index in [4.69, 9.17) is 4.74 Å². The smallest absolute Gasteiger partial charge is 0.339 e. The summed E-state index contributed by atoms with van der Waals surface area (Å²) >= 11 is 0. The number of nitrogens with zero attached hydrogens (tertiary/aromatic N) is 3. The van der Waals surface area contributed by atoms with Gasteiger partial charge in [0.05, 0.1) is 22.5 Å². The van der Waals surface area contributed by atoms with E-state index in [-0.39, 0.29) is 11.2 Å². The first-order valence-corrected chi connectivity index (χ1v) is 11.2. The fourth-order valence-corrected chi connectivity index (χ4v) is 4.54. The molecule has 2 heterocycles. The lowest BCUT2D eigenvalue weighted by atomic mass is 10.0. The summed E-state index contributed by atoms with van der Waals surface area (Å²) in [7, 11) is 1.74. The van der Waals surface area contributed by atoms with Gasteiger partial charge in [-0.3, -0.25) is 19.3 Å². The van der Waals surface area contributed by atoms with Crippen molar-refractivity contribution >= 4 is 28.5 Å². The number of amides is 1. The number of aryl methyl sites for hydroxylation is 1. The van der Waals surface area contributed by atoms with Gasteiger partial charge in [0.15, 0.2) is 6.61 Å². The monoisotopic (exact) mass is 456 g/mol. The Bertz CT molecular complexity index is 1480. The maximum atomic E-state index is 13.1. The van der Waals surface area contributed by atoms with Gasteiger partial charge in [-0.25, -0.2) is 9.48 Å². The summed E-state index contributed by atoms with van der Waals surface area (Å²) < 4.78 is 8.55. The Morgan fingerprint density at radius 3 is 2.59 bits per heavy atom. The van der Waals surface area contributed by atoms with Crippen molar-refractivity contribution in [2.24, 2.45) is 7.05 Å². The van der Waals surface area contributed by atoms with Gasteiger partial charge in [0, 0.05) is 18.1 Å². The van der Waals surface area contributed by atoms with Gasteiger partial charge >= 0.3 is 5.97 Å². The largest absolute Gasteiger partial charge is 0.452 e. The van der Waals surface area contributed by atoms with Crippen molar-refractivity contribution in [3.05, 3.63) is 87.5 Å². The number of benzene rings is 2. The third-order valence-corrected chi connectivity index (χ3v) is 6.28. The molecule has 1 aliphatic rings. The van der Waals surface area contributed by atoms with Crippen LogP contribution in [-0.2, 0) is 29.4 Å². The van der Waals surface area contributed by atoms with Crippen molar-refractivity contribution in [3.8, 4) is 5.69 Å². The van der Waals surface area contributed by atoms with Gasteiger partial charge in [0.2, 0.25) is 0 Å². The van der Waals surface area contributed by atoms with Crippen LogP contribution in [-0.4, -0.2) is 32.8 Å². The molecule has 8 heteroatoms. The Kier molecular flexibility index (Phi) is 5.49. The number of nitrogens with one attached hydrogen (secondary N) is 1. The molecule has 4 aromatic rings. The second kappa shape index (κ2) is 8.62. The van der Waals surface area contributed by atoms with Crippen molar-refractivity contribution < 1.29 is 14.3 Å². The standard InChI is InChI=1S/C26H24N4O4/c1-16-24(25(32)30(29(16)2)17-9-4-3-5-10-17)28-22(31)15-34-26(33)23-18-11-6-7-13-20(18)27-21-14-8-12-19(21)23/h3-7,9-11,13H,8,12,14-15H2,1-2H3,(H,28,31).